The highest BCUT2D eigenvalue weighted by Gasteiger charge is 2.40. The lowest BCUT2D eigenvalue weighted by molar-refractivity contribution is -0.147. The number of carbonyl (C=O) groups is 7. The third-order valence-corrected chi connectivity index (χ3v) is 5.94. The molecule has 0 aliphatic carbocycles. The van der Waals surface area contributed by atoms with Gasteiger partial charge in [0.1, 0.15) is 24.2 Å². The molecule has 41 heavy (non-hydrogen) atoms. The van der Waals surface area contributed by atoms with Crippen molar-refractivity contribution in [3.8, 4) is 0 Å². The first-order chi connectivity index (χ1) is 19.2. The molecule has 1 aliphatic rings. The van der Waals surface area contributed by atoms with E-state index in [4.69, 9.17) is 22.3 Å². The van der Waals surface area contributed by atoms with Gasteiger partial charge < -0.3 is 58.5 Å². The number of rotatable bonds is 17. The number of amides is 4. The lowest BCUT2D eigenvalue weighted by atomic mass is 10.1. The molecule has 1 rings (SSSR count). The molecule has 230 valence electrons. The lowest BCUT2D eigenvalue weighted by Crippen LogP contribution is -2.59. The summed E-state index contributed by atoms with van der Waals surface area (Å²) < 4.78 is 0. The van der Waals surface area contributed by atoms with Crippen LogP contribution < -0.4 is 33.2 Å². The largest absolute Gasteiger partial charge is 0.481 e. The summed E-state index contributed by atoms with van der Waals surface area (Å²) in [5, 5.41) is 43.5. The maximum atomic E-state index is 13.3. The van der Waals surface area contributed by atoms with Gasteiger partial charge in [0.15, 0.2) is 5.96 Å². The predicted molar refractivity (Wildman–Crippen MR) is 138 cm³/mol. The van der Waals surface area contributed by atoms with Gasteiger partial charge in [-0.2, -0.15) is 0 Å². The van der Waals surface area contributed by atoms with Crippen molar-refractivity contribution in [3.63, 3.8) is 0 Å². The van der Waals surface area contributed by atoms with Gasteiger partial charge in [0.05, 0.1) is 25.5 Å². The number of guanidine groups is 1. The van der Waals surface area contributed by atoms with Gasteiger partial charge in [0.2, 0.25) is 23.6 Å². The van der Waals surface area contributed by atoms with Crippen LogP contribution in [0.5, 0.6) is 0 Å². The summed E-state index contributed by atoms with van der Waals surface area (Å²) in [4.78, 5) is 89.5. The van der Waals surface area contributed by atoms with Gasteiger partial charge in [0.25, 0.3) is 0 Å². The van der Waals surface area contributed by atoms with Crippen LogP contribution in [0.4, 0.5) is 0 Å². The predicted octanol–water partition coefficient (Wildman–Crippen LogP) is -5.16. The molecule has 1 saturated heterocycles. The Kier molecular flexibility index (Phi) is 13.9. The number of hydrogen-bond donors (Lipinski definition) is 10. The monoisotopic (exact) mass is 588 g/mol. The minimum atomic E-state index is -1.73. The molecule has 19 heteroatoms. The molecule has 0 aromatic heterocycles. The van der Waals surface area contributed by atoms with Crippen LogP contribution >= 0.6 is 0 Å². The summed E-state index contributed by atoms with van der Waals surface area (Å²) in [6, 6.07) is -7.50. The Labute approximate surface area is 233 Å². The quantitative estimate of drug-likeness (QED) is 0.0431. The van der Waals surface area contributed by atoms with Crippen LogP contribution in [0.15, 0.2) is 4.99 Å². The molecule has 0 bridgehead atoms. The van der Waals surface area contributed by atoms with E-state index in [1.165, 1.54) is 0 Å². The number of aliphatic hydroxyl groups excluding tert-OH is 1. The lowest BCUT2D eigenvalue weighted by Gasteiger charge is -2.29. The molecule has 4 amide bonds. The Morgan fingerprint density at radius 2 is 1.49 bits per heavy atom. The molecule has 13 N–H and O–H groups in total. The summed E-state index contributed by atoms with van der Waals surface area (Å²) in [6.45, 7) is -0.886. The smallest absolute Gasteiger partial charge is 0.326 e. The topological polar surface area (TPSA) is 330 Å². The summed E-state index contributed by atoms with van der Waals surface area (Å²) in [5.74, 6) is -8.45. The van der Waals surface area contributed by atoms with Gasteiger partial charge in [-0.05, 0) is 25.7 Å². The van der Waals surface area contributed by atoms with Crippen LogP contribution in [0.25, 0.3) is 0 Å². The van der Waals surface area contributed by atoms with Crippen molar-refractivity contribution in [1.29, 1.82) is 0 Å². The summed E-state index contributed by atoms with van der Waals surface area (Å²) >= 11 is 0. The summed E-state index contributed by atoms with van der Waals surface area (Å²) in [7, 11) is 0. The Morgan fingerprint density at radius 1 is 0.878 bits per heavy atom. The maximum absolute atomic E-state index is 13.3. The number of likely N-dealkylation sites (tertiary alicyclic amines) is 1. The van der Waals surface area contributed by atoms with Crippen molar-refractivity contribution >= 4 is 47.5 Å². The van der Waals surface area contributed by atoms with E-state index in [9.17, 15) is 48.9 Å². The number of aliphatic hydroxyl groups is 1. The first-order valence-corrected chi connectivity index (χ1v) is 12.5. The number of carbonyl (C=O) groups excluding carboxylic acids is 4. The zero-order valence-corrected chi connectivity index (χ0v) is 22.0. The van der Waals surface area contributed by atoms with E-state index in [1.807, 2.05) is 5.32 Å². The van der Waals surface area contributed by atoms with Crippen molar-refractivity contribution in [2.24, 2.45) is 22.2 Å². The zero-order valence-electron chi connectivity index (χ0n) is 22.0. The highest BCUT2D eigenvalue weighted by molar-refractivity contribution is 5.97. The van der Waals surface area contributed by atoms with Crippen LogP contribution in [0, 0.1) is 0 Å². The molecule has 0 aromatic carbocycles. The standard InChI is InChI=1S/C22H36N8O11/c23-10(7-15(32)33)17(36)29-13(9-31)18(37)28-12(8-16(34)35)20(39)30-6-2-4-14(30)19(38)27-11(21(40)41)3-1-5-26-22(24)25/h10-14,31H,1-9,23H2,(H,27,38)(H,28,37)(H,29,36)(H,32,33)(H,34,35)(H,40,41)(H4,24,25,26)/t10-,11-,12-,13-,14+/m0/s1. The number of carboxylic acid groups (broad SMARTS) is 3. The molecule has 5 atom stereocenters. The molecule has 1 heterocycles. The van der Waals surface area contributed by atoms with Crippen LogP contribution in [-0.2, 0) is 33.6 Å². The molecule has 1 aliphatic heterocycles. The van der Waals surface area contributed by atoms with E-state index in [-0.39, 0.29) is 38.3 Å². The van der Waals surface area contributed by atoms with Crippen molar-refractivity contribution in [3.05, 3.63) is 0 Å². The average molecular weight is 589 g/mol. The normalized spacial score (nSPS) is 17.3. The van der Waals surface area contributed by atoms with Crippen molar-refractivity contribution in [2.75, 3.05) is 19.7 Å². The number of aliphatic carboxylic acids is 3. The fourth-order valence-electron chi connectivity index (χ4n) is 3.93. The number of nitrogens with two attached hydrogens (primary N) is 3. The molecule has 1 fully saturated rings. The Bertz CT molecular complexity index is 1030. The second-order valence-electron chi connectivity index (χ2n) is 9.15. The molecule has 0 unspecified atom stereocenters. The number of hydrogen-bond acceptors (Lipinski definition) is 10. The first-order valence-electron chi connectivity index (χ1n) is 12.5. The fourth-order valence-corrected chi connectivity index (χ4v) is 3.93. The van der Waals surface area contributed by atoms with Crippen LogP contribution in [-0.4, -0.2) is 123 Å². The molecule has 19 nitrogen and oxygen atoms in total. The van der Waals surface area contributed by atoms with Crippen LogP contribution in [0.1, 0.15) is 38.5 Å². The minimum absolute atomic E-state index is 0.00462. The van der Waals surface area contributed by atoms with Crippen molar-refractivity contribution in [1.82, 2.24) is 20.9 Å². The maximum Gasteiger partial charge on any atom is 0.326 e. The van der Waals surface area contributed by atoms with Crippen molar-refractivity contribution in [2.45, 2.75) is 68.7 Å². The molecular formula is C22H36N8O11. The highest BCUT2D eigenvalue weighted by Crippen LogP contribution is 2.20. The Balaban J connectivity index is 2.98. The average Bonchev–Trinajstić information content (AvgIpc) is 3.37. The zero-order chi connectivity index (χ0) is 31.3. The van der Waals surface area contributed by atoms with Gasteiger partial charge in [-0.25, -0.2) is 4.79 Å². The molecular weight excluding hydrogens is 552 g/mol. The number of carboxylic acids is 3. The SMILES string of the molecule is NC(N)=NCCC[C@H](NC(=O)[C@H]1CCCN1C(=O)[C@H](CC(=O)O)NC(=O)[C@H](CO)NC(=O)[C@@H](N)CC(=O)O)C(=O)O. The van der Waals surface area contributed by atoms with Crippen molar-refractivity contribution < 1.29 is 54.0 Å². The first kappa shape index (κ1) is 34.5. The summed E-state index contributed by atoms with van der Waals surface area (Å²) in [6.07, 6.45) is -1.07. The van der Waals surface area contributed by atoms with E-state index in [2.05, 4.69) is 15.6 Å². The van der Waals surface area contributed by atoms with Gasteiger partial charge >= 0.3 is 17.9 Å². The van der Waals surface area contributed by atoms with Gasteiger partial charge in [-0.15, -0.1) is 0 Å². The Morgan fingerprint density at radius 3 is 2.02 bits per heavy atom. The number of aliphatic imine (C=N–C) groups is 1. The molecule has 0 spiro atoms. The summed E-state index contributed by atoms with van der Waals surface area (Å²) in [5.41, 5.74) is 15.9. The van der Waals surface area contributed by atoms with E-state index in [1.54, 1.807) is 0 Å². The third-order valence-electron chi connectivity index (χ3n) is 5.94. The molecule has 0 aromatic rings. The van der Waals surface area contributed by atoms with Gasteiger partial charge in [0, 0.05) is 13.1 Å². The third kappa shape index (κ3) is 11.6. The second-order valence-corrected chi connectivity index (χ2v) is 9.15. The highest BCUT2D eigenvalue weighted by atomic mass is 16.4. The molecule has 0 saturated carbocycles. The number of nitrogens with one attached hydrogen (secondary N) is 3. The second kappa shape index (κ2) is 16.6. The van der Waals surface area contributed by atoms with E-state index in [0.717, 1.165) is 4.90 Å². The van der Waals surface area contributed by atoms with E-state index < -0.39 is 91.2 Å². The van der Waals surface area contributed by atoms with Crippen LogP contribution in [0.2, 0.25) is 0 Å². The van der Waals surface area contributed by atoms with E-state index >= 15 is 0 Å². The minimum Gasteiger partial charge on any atom is -0.481 e. The van der Waals surface area contributed by atoms with Gasteiger partial charge in [-0.1, -0.05) is 0 Å². The van der Waals surface area contributed by atoms with Crippen LogP contribution in [0.3, 0.4) is 0 Å². The van der Waals surface area contributed by atoms with Gasteiger partial charge in [-0.3, -0.25) is 33.8 Å². The van der Waals surface area contributed by atoms with E-state index in [0.29, 0.717) is 6.42 Å². The Hall–Kier alpha value is -4.52. The number of nitrogens with zero attached hydrogens (tertiary/aromatic N) is 2. The molecule has 0 radical (unpaired) electrons. The fraction of sp³-hybridized carbons (Fsp3) is 0.636.